The normalized spacial score (nSPS) is 14.9. The second kappa shape index (κ2) is 6.81. The molecular weight excluding hydrogens is 331 g/mol. The molecule has 2 aromatic rings. The van der Waals surface area contributed by atoms with Gasteiger partial charge in [-0.15, -0.1) is 0 Å². The maximum atomic E-state index is 12.6. The van der Waals surface area contributed by atoms with Gasteiger partial charge in [-0.1, -0.05) is 41.4 Å². The lowest BCUT2D eigenvalue weighted by Crippen LogP contribution is -2.49. The molecule has 1 aliphatic rings. The Labute approximate surface area is 146 Å². The molecule has 23 heavy (non-hydrogen) atoms. The van der Waals surface area contributed by atoms with Gasteiger partial charge in [0.1, 0.15) is 0 Å². The molecule has 0 saturated carbocycles. The number of carbonyl (C=O) groups excluding carboxylic acids is 1. The lowest BCUT2D eigenvalue weighted by atomic mass is 10.1. The van der Waals surface area contributed by atoms with Crippen LogP contribution in [0, 0.1) is 6.92 Å². The minimum absolute atomic E-state index is 0.0314. The number of anilines is 1. The molecule has 1 saturated heterocycles. The molecule has 1 amide bonds. The molecule has 0 spiro atoms. The third kappa shape index (κ3) is 3.46. The van der Waals surface area contributed by atoms with E-state index in [9.17, 15) is 4.79 Å². The summed E-state index contributed by atoms with van der Waals surface area (Å²) >= 11 is 12.0. The molecule has 0 atom stereocenters. The molecule has 120 valence electrons. The van der Waals surface area contributed by atoms with Crippen molar-refractivity contribution in [2.45, 2.75) is 6.92 Å². The van der Waals surface area contributed by atoms with Crippen LogP contribution in [0.25, 0.3) is 0 Å². The number of hydrogen-bond acceptors (Lipinski definition) is 2. The van der Waals surface area contributed by atoms with Gasteiger partial charge in [-0.05, 0) is 36.8 Å². The SMILES string of the molecule is Cc1ccccc1N1CCN(C(=O)c2ccc(Cl)cc2Cl)CC1. The molecule has 1 heterocycles. The largest absolute Gasteiger partial charge is 0.368 e. The van der Waals surface area contributed by atoms with Crippen LogP contribution in [0.5, 0.6) is 0 Å². The van der Waals surface area contributed by atoms with Gasteiger partial charge in [0.15, 0.2) is 0 Å². The van der Waals surface area contributed by atoms with Crippen LogP contribution < -0.4 is 4.90 Å². The fourth-order valence-corrected chi connectivity index (χ4v) is 3.39. The van der Waals surface area contributed by atoms with Crippen LogP contribution in [-0.2, 0) is 0 Å². The number of benzene rings is 2. The van der Waals surface area contributed by atoms with Crippen molar-refractivity contribution in [3.63, 3.8) is 0 Å². The first-order valence-corrected chi connectivity index (χ1v) is 8.37. The van der Waals surface area contributed by atoms with Crippen LogP contribution in [0.1, 0.15) is 15.9 Å². The maximum absolute atomic E-state index is 12.6. The number of piperazine rings is 1. The first-order valence-electron chi connectivity index (χ1n) is 7.61. The predicted octanol–water partition coefficient (Wildman–Crippen LogP) is 4.26. The molecule has 3 rings (SSSR count). The molecule has 3 nitrogen and oxygen atoms in total. The van der Waals surface area contributed by atoms with Gasteiger partial charge in [0.2, 0.25) is 0 Å². The number of carbonyl (C=O) groups is 1. The highest BCUT2D eigenvalue weighted by molar-refractivity contribution is 6.36. The zero-order valence-electron chi connectivity index (χ0n) is 12.9. The Hall–Kier alpha value is -1.71. The van der Waals surface area contributed by atoms with Gasteiger partial charge in [-0.25, -0.2) is 0 Å². The van der Waals surface area contributed by atoms with Crippen molar-refractivity contribution in [1.29, 1.82) is 0 Å². The van der Waals surface area contributed by atoms with Crippen molar-refractivity contribution in [3.05, 3.63) is 63.6 Å². The van der Waals surface area contributed by atoms with Crippen molar-refractivity contribution < 1.29 is 4.79 Å². The van der Waals surface area contributed by atoms with Crippen LogP contribution in [0.2, 0.25) is 10.0 Å². The van der Waals surface area contributed by atoms with Crippen molar-refractivity contribution in [2.24, 2.45) is 0 Å². The number of amides is 1. The Morgan fingerprint density at radius 3 is 2.35 bits per heavy atom. The maximum Gasteiger partial charge on any atom is 0.255 e. The monoisotopic (exact) mass is 348 g/mol. The summed E-state index contributed by atoms with van der Waals surface area (Å²) in [7, 11) is 0. The van der Waals surface area contributed by atoms with E-state index in [0.29, 0.717) is 28.7 Å². The van der Waals surface area contributed by atoms with Crippen molar-refractivity contribution in [3.8, 4) is 0 Å². The second-order valence-corrected chi connectivity index (χ2v) is 6.53. The molecule has 1 fully saturated rings. The van der Waals surface area contributed by atoms with E-state index in [1.54, 1.807) is 18.2 Å². The smallest absolute Gasteiger partial charge is 0.255 e. The number of halogens is 2. The van der Waals surface area contributed by atoms with Crippen LogP contribution in [0.15, 0.2) is 42.5 Å². The van der Waals surface area contributed by atoms with Crippen LogP contribution >= 0.6 is 23.2 Å². The summed E-state index contributed by atoms with van der Waals surface area (Å²) in [5, 5.41) is 0.944. The van der Waals surface area contributed by atoms with Gasteiger partial charge in [-0.3, -0.25) is 4.79 Å². The topological polar surface area (TPSA) is 23.6 Å². The Bertz CT molecular complexity index is 725. The molecule has 0 aliphatic carbocycles. The second-order valence-electron chi connectivity index (χ2n) is 5.69. The fourth-order valence-electron chi connectivity index (χ4n) is 2.90. The van der Waals surface area contributed by atoms with E-state index in [4.69, 9.17) is 23.2 Å². The highest BCUT2D eigenvalue weighted by atomic mass is 35.5. The standard InChI is InChI=1S/C18H18Cl2N2O/c1-13-4-2-3-5-17(13)21-8-10-22(11-9-21)18(23)15-7-6-14(19)12-16(15)20/h2-7,12H,8-11H2,1H3. The molecule has 0 unspecified atom stereocenters. The number of para-hydroxylation sites is 1. The third-order valence-electron chi connectivity index (χ3n) is 4.18. The Morgan fingerprint density at radius 1 is 1.00 bits per heavy atom. The first-order chi connectivity index (χ1) is 11.1. The summed E-state index contributed by atoms with van der Waals surface area (Å²) < 4.78 is 0. The number of aryl methyl sites for hydroxylation is 1. The molecule has 0 bridgehead atoms. The zero-order chi connectivity index (χ0) is 16.4. The van der Waals surface area contributed by atoms with Crippen LogP contribution in [0.4, 0.5) is 5.69 Å². The lowest BCUT2D eigenvalue weighted by Gasteiger charge is -2.37. The minimum atomic E-state index is -0.0314. The number of hydrogen-bond donors (Lipinski definition) is 0. The van der Waals surface area contributed by atoms with Crippen molar-refractivity contribution in [1.82, 2.24) is 4.90 Å². The quantitative estimate of drug-likeness (QED) is 0.809. The molecular formula is C18H18Cl2N2O. The summed E-state index contributed by atoms with van der Waals surface area (Å²) in [5.41, 5.74) is 3.01. The van der Waals surface area contributed by atoms with Gasteiger partial charge < -0.3 is 9.80 Å². The average Bonchev–Trinajstić information content (AvgIpc) is 2.55. The molecule has 0 aromatic heterocycles. The summed E-state index contributed by atoms with van der Waals surface area (Å²) in [6, 6.07) is 13.3. The van der Waals surface area contributed by atoms with Crippen molar-refractivity contribution >= 4 is 34.8 Å². The van der Waals surface area contributed by atoms with Crippen LogP contribution in [-0.4, -0.2) is 37.0 Å². The summed E-state index contributed by atoms with van der Waals surface area (Å²) in [6.45, 7) is 5.13. The first kappa shape index (κ1) is 16.2. The molecule has 2 aromatic carbocycles. The van der Waals surface area contributed by atoms with E-state index < -0.39 is 0 Å². The van der Waals surface area contributed by atoms with Crippen molar-refractivity contribution in [2.75, 3.05) is 31.1 Å². The highest BCUT2D eigenvalue weighted by Gasteiger charge is 2.24. The third-order valence-corrected chi connectivity index (χ3v) is 4.73. The predicted molar refractivity (Wildman–Crippen MR) is 95.8 cm³/mol. The Kier molecular flexibility index (Phi) is 4.79. The lowest BCUT2D eigenvalue weighted by molar-refractivity contribution is 0.0747. The molecule has 0 radical (unpaired) electrons. The molecule has 1 aliphatic heterocycles. The van der Waals surface area contributed by atoms with Gasteiger partial charge in [-0.2, -0.15) is 0 Å². The van der Waals surface area contributed by atoms with Gasteiger partial charge >= 0.3 is 0 Å². The van der Waals surface area contributed by atoms with Gasteiger partial charge in [0.25, 0.3) is 5.91 Å². The Morgan fingerprint density at radius 2 is 1.70 bits per heavy atom. The molecule has 5 heteroatoms. The van der Waals surface area contributed by atoms with E-state index in [1.807, 2.05) is 17.0 Å². The van der Waals surface area contributed by atoms with E-state index in [1.165, 1.54) is 11.3 Å². The van der Waals surface area contributed by atoms with Gasteiger partial charge in [0, 0.05) is 36.9 Å². The van der Waals surface area contributed by atoms with E-state index in [0.717, 1.165) is 13.1 Å². The molecule has 0 N–H and O–H groups in total. The minimum Gasteiger partial charge on any atom is -0.368 e. The number of nitrogens with zero attached hydrogens (tertiary/aromatic N) is 2. The van der Waals surface area contributed by atoms with Gasteiger partial charge in [0.05, 0.1) is 10.6 Å². The summed E-state index contributed by atoms with van der Waals surface area (Å²) in [4.78, 5) is 16.8. The number of rotatable bonds is 2. The summed E-state index contributed by atoms with van der Waals surface area (Å²) in [5.74, 6) is -0.0314. The highest BCUT2D eigenvalue weighted by Crippen LogP contribution is 2.24. The van der Waals surface area contributed by atoms with E-state index in [-0.39, 0.29) is 5.91 Å². The summed E-state index contributed by atoms with van der Waals surface area (Å²) in [6.07, 6.45) is 0. The van der Waals surface area contributed by atoms with E-state index in [2.05, 4.69) is 24.0 Å². The zero-order valence-corrected chi connectivity index (χ0v) is 14.4. The Balaban J connectivity index is 1.69. The average molecular weight is 349 g/mol. The fraction of sp³-hybridized carbons (Fsp3) is 0.278. The van der Waals surface area contributed by atoms with E-state index >= 15 is 0 Å². The van der Waals surface area contributed by atoms with Crippen LogP contribution in [0.3, 0.4) is 0 Å².